The quantitative estimate of drug-likeness (QED) is 0.621. The molecule has 1 aliphatic carbocycles. The van der Waals surface area contributed by atoms with E-state index < -0.39 is 11.6 Å². The van der Waals surface area contributed by atoms with Gasteiger partial charge in [-0.15, -0.1) is 11.8 Å². The molecule has 27 heavy (non-hydrogen) atoms. The first-order valence-corrected chi connectivity index (χ1v) is 10.6. The van der Waals surface area contributed by atoms with Gasteiger partial charge in [-0.05, 0) is 42.7 Å². The summed E-state index contributed by atoms with van der Waals surface area (Å²) in [5.74, 6) is -0.394. The Balaban J connectivity index is 1.64. The molecule has 1 aromatic rings. The molecule has 1 aromatic carbocycles. The van der Waals surface area contributed by atoms with Crippen LogP contribution in [0.2, 0.25) is 0 Å². The number of urea groups is 1. The van der Waals surface area contributed by atoms with Crippen molar-refractivity contribution >= 4 is 29.6 Å². The topological polar surface area (TPSA) is 69.7 Å². The zero-order chi connectivity index (χ0) is 19.6. The van der Waals surface area contributed by atoms with E-state index in [1.54, 1.807) is 23.7 Å². The maximum atomic E-state index is 13.0. The number of likely N-dealkylation sites (N-methyl/N-ethyl adjacent to an activating group) is 1. The highest BCUT2D eigenvalue weighted by atomic mass is 32.2. The first kappa shape index (κ1) is 19.7. The molecule has 6 nitrogen and oxygen atoms in total. The third-order valence-electron chi connectivity index (χ3n) is 5.80. The van der Waals surface area contributed by atoms with Crippen molar-refractivity contribution in [2.45, 2.75) is 49.6 Å². The standard InChI is InChI=1S/C20H27N3O3S/c1-14-6-4-5-11-20(14)18(25)23(19(26)21-20)13-17(24)22(2)12-15-7-9-16(27-3)10-8-15/h7-10,14H,4-6,11-13H2,1-3H3,(H,21,26)/t14-,20-/m0/s1. The van der Waals surface area contributed by atoms with Crippen LogP contribution in [0.5, 0.6) is 0 Å². The van der Waals surface area contributed by atoms with Crippen LogP contribution in [0.4, 0.5) is 4.79 Å². The molecule has 146 valence electrons. The maximum absolute atomic E-state index is 13.0. The number of benzene rings is 1. The van der Waals surface area contributed by atoms with Crippen molar-refractivity contribution < 1.29 is 14.4 Å². The van der Waals surface area contributed by atoms with Crippen molar-refractivity contribution in [3.8, 4) is 0 Å². The van der Waals surface area contributed by atoms with E-state index in [1.165, 1.54) is 4.90 Å². The van der Waals surface area contributed by atoms with Crippen molar-refractivity contribution in [1.82, 2.24) is 15.1 Å². The first-order chi connectivity index (χ1) is 12.9. The zero-order valence-corrected chi connectivity index (χ0v) is 17.0. The van der Waals surface area contributed by atoms with E-state index in [2.05, 4.69) is 5.32 Å². The lowest BCUT2D eigenvalue weighted by atomic mass is 9.73. The largest absolute Gasteiger partial charge is 0.340 e. The maximum Gasteiger partial charge on any atom is 0.325 e. The molecule has 2 aliphatic rings. The van der Waals surface area contributed by atoms with Crippen LogP contribution in [0.15, 0.2) is 29.2 Å². The van der Waals surface area contributed by atoms with Gasteiger partial charge in [0, 0.05) is 18.5 Å². The van der Waals surface area contributed by atoms with Crippen LogP contribution in [-0.2, 0) is 16.1 Å². The van der Waals surface area contributed by atoms with Crippen LogP contribution in [0.1, 0.15) is 38.2 Å². The number of carbonyl (C=O) groups excluding carboxylic acids is 3. The lowest BCUT2D eigenvalue weighted by Gasteiger charge is -2.36. The van der Waals surface area contributed by atoms with Gasteiger partial charge < -0.3 is 10.2 Å². The molecule has 0 aromatic heterocycles. The van der Waals surface area contributed by atoms with E-state index in [1.807, 2.05) is 37.4 Å². The Morgan fingerprint density at radius 2 is 2.00 bits per heavy atom. The summed E-state index contributed by atoms with van der Waals surface area (Å²) in [6.45, 7) is 2.24. The number of nitrogens with zero attached hydrogens (tertiary/aromatic N) is 2. The predicted molar refractivity (Wildman–Crippen MR) is 105 cm³/mol. The molecule has 0 unspecified atom stereocenters. The summed E-state index contributed by atoms with van der Waals surface area (Å²) in [6, 6.07) is 7.57. The normalized spacial score (nSPS) is 25.0. The van der Waals surface area contributed by atoms with Crippen LogP contribution in [0.3, 0.4) is 0 Å². The number of rotatable bonds is 5. The van der Waals surface area contributed by atoms with Gasteiger partial charge in [-0.3, -0.25) is 14.5 Å². The molecule has 1 spiro atoms. The zero-order valence-electron chi connectivity index (χ0n) is 16.2. The van der Waals surface area contributed by atoms with E-state index in [0.717, 1.165) is 29.7 Å². The van der Waals surface area contributed by atoms with E-state index in [9.17, 15) is 14.4 Å². The summed E-state index contributed by atoms with van der Waals surface area (Å²) in [4.78, 5) is 41.8. The van der Waals surface area contributed by atoms with Crippen molar-refractivity contribution in [2.24, 2.45) is 5.92 Å². The molecule has 1 saturated heterocycles. The minimum Gasteiger partial charge on any atom is -0.340 e. The summed E-state index contributed by atoms with van der Waals surface area (Å²) in [7, 11) is 1.70. The lowest BCUT2D eigenvalue weighted by molar-refractivity contribution is -0.140. The van der Waals surface area contributed by atoms with Crippen molar-refractivity contribution in [1.29, 1.82) is 0 Å². The molecule has 1 aliphatic heterocycles. The fourth-order valence-electron chi connectivity index (χ4n) is 3.99. The summed E-state index contributed by atoms with van der Waals surface area (Å²) in [6.07, 6.45) is 5.58. The van der Waals surface area contributed by atoms with Gasteiger partial charge in [-0.1, -0.05) is 31.9 Å². The minimum absolute atomic E-state index is 0.0930. The van der Waals surface area contributed by atoms with Crippen molar-refractivity contribution in [3.05, 3.63) is 29.8 Å². The van der Waals surface area contributed by atoms with Gasteiger partial charge in [0.15, 0.2) is 0 Å². The second-order valence-corrected chi connectivity index (χ2v) is 8.42. The summed E-state index contributed by atoms with van der Waals surface area (Å²) in [5, 5.41) is 2.89. The highest BCUT2D eigenvalue weighted by Crippen LogP contribution is 2.38. The van der Waals surface area contributed by atoms with Gasteiger partial charge in [0.1, 0.15) is 12.1 Å². The average Bonchev–Trinajstić information content (AvgIpc) is 2.89. The fraction of sp³-hybridized carbons (Fsp3) is 0.550. The van der Waals surface area contributed by atoms with Gasteiger partial charge in [-0.25, -0.2) is 4.79 Å². The van der Waals surface area contributed by atoms with Gasteiger partial charge in [-0.2, -0.15) is 0 Å². The first-order valence-electron chi connectivity index (χ1n) is 9.38. The van der Waals surface area contributed by atoms with Gasteiger partial charge >= 0.3 is 6.03 Å². The van der Waals surface area contributed by atoms with E-state index >= 15 is 0 Å². The van der Waals surface area contributed by atoms with E-state index in [0.29, 0.717) is 13.0 Å². The average molecular weight is 390 g/mol. The van der Waals surface area contributed by atoms with Crippen LogP contribution in [0, 0.1) is 5.92 Å². The van der Waals surface area contributed by atoms with Crippen LogP contribution in [0.25, 0.3) is 0 Å². The van der Waals surface area contributed by atoms with E-state index in [-0.39, 0.29) is 24.3 Å². The molecule has 7 heteroatoms. The fourth-order valence-corrected chi connectivity index (χ4v) is 4.40. The number of imide groups is 1. The Hall–Kier alpha value is -2.02. The van der Waals surface area contributed by atoms with Gasteiger partial charge in [0.05, 0.1) is 0 Å². The number of nitrogens with one attached hydrogen (secondary N) is 1. The smallest absolute Gasteiger partial charge is 0.325 e. The molecule has 1 saturated carbocycles. The molecule has 3 rings (SSSR count). The second-order valence-electron chi connectivity index (χ2n) is 7.54. The molecular formula is C20H27N3O3S. The highest BCUT2D eigenvalue weighted by molar-refractivity contribution is 7.98. The van der Waals surface area contributed by atoms with Crippen LogP contribution < -0.4 is 5.32 Å². The molecule has 4 amide bonds. The Bertz CT molecular complexity index is 736. The van der Waals surface area contributed by atoms with Crippen LogP contribution in [-0.4, -0.2) is 53.0 Å². The number of hydrogen-bond donors (Lipinski definition) is 1. The molecule has 2 fully saturated rings. The molecule has 1 N–H and O–H groups in total. The SMILES string of the molecule is CSc1ccc(CN(C)C(=O)CN2C(=O)N[C@]3(CCCC[C@@H]3C)C2=O)cc1. The Morgan fingerprint density at radius 3 is 2.63 bits per heavy atom. The molecule has 1 heterocycles. The van der Waals surface area contributed by atoms with Gasteiger partial charge in [0.2, 0.25) is 5.91 Å². The molecular weight excluding hydrogens is 362 g/mol. The summed E-state index contributed by atoms with van der Waals surface area (Å²) >= 11 is 1.67. The molecule has 2 atom stereocenters. The van der Waals surface area contributed by atoms with Crippen LogP contribution >= 0.6 is 11.8 Å². The van der Waals surface area contributed by atoms with E-state index in [4.69, 9.17) is 0 Å². The lowest BCUT2D eigenvalue weighted by Crippen LogP contribution is -2.54. The summed E-state index contributed by atoms with van der Waals surface area (Å²) < 4.78 is 0. The Morgan fingerprint density at radius 1 is 1.30 bits per heavy atom. The van der Waals surface area contributed by atoms with Gasteiger partial charge in [0.25, 0.3) is 5.91 Å². The number of hydrogen-bond acceptors (Lipinski definition) is 4. The predicted octanol–water partition coefficient (Wildman–Crippen LogP) is 2.87. The number of thioether (sulfide) groups is 1. The minimum atomic E-state index is -0.818. The van der Waals surface area contributed by atoms with Crippen molar-refractivity contribution in [3.63, 3.8) is 0 Å². The second kappa shape index (κ2) is 7.92. The molecule has 0 radical (unpaired) electrons. The third-order valence-corrected chi connectivity index (χ3v) is 6.54. The number of carbonyl (C=O) groups is 3. The Kier molecular flexibility index (Phi) is 5.79. The third kappa shape index (κ3) is 3.83. The number of amides is 4. The monoisotopic (exact) mass is 389 g/mol. The van der Waals surface area contributed by atoms with Crippen molar-refractivity contribution in [2.75, 3.05) is 19.8 Å². The Labute approximate surface area is 164 Å². The summed E-state index contributed by atoms with van der Waals surface area (Å²) in [5.41, 5.74) is 0.195. The highest BCUT2D eigenvalue weighted by Gasteiger charge is 2.55. The molecule has 0 bridgehead atoms.